The van der Waals surface area contributed by atoms with Gasteiger partial charge in [-0.05, 0) is 37.5 Å². The van der Waals surface area contributed by atoms with Crippen LogP contribution in [0.15, 0.2) is 0 Å². The molecule has 98 valence electrons. The second kappa shape index (κ2) is 5.36. The van der Waals surface area contributed by atoms with Gasteiger partial charge >= 0.3 is 5.97 Å². The monoisotopic (exact) mass is 240 g/mol. The molecule has 0 aromatic carbocycles. The van der Waals surface area contributed by atoms with Gasteiger partial charge in [-0.2, -0.15) is 0 Å². The highest BCUT2D eigenvalue weighted by atomic mass is 16.4. The molecule has 1 saturated heterocycles. The van der Waals surface area contributed by atoms with Crippen LogP contribution in [0, 0.1) is 11.8 Å². The number of nitrogens with zero attached hydrogens (tertiary/aromatic N) is 1. The van der Waals surface area contributed by atoms with Crippen LogP contribution in [0.25, 0.3) is 0 Å². The first-order valence-corrected chi connectivity index (χ1v) is 6.76. The van der Waals surface area contributed by atoms with Gasteiger partial charge in [-0.25, -0.2) is 0 Å². The minimum Gasteiger partial charge on any atom is -0.481 e. The van der Waals surface area contributed by atoms with Crippen molar-refractivity contribution in [2.75, 3.05) is 13.1 Å². The molecule has 1 heterocycles. The Bertz CT molecular complexity index is 277. The van der Waals surface area contributed by atoms with Crippen molar-refractivity contribution in [3.8, 4) is 0 Å². The first-order valence-electron chi connectivity index (χ1n) is 6.76. The summed E-state index contributed by atoms with van der Waals surface area (Å²) in [5.74, 6) is 0.648. The maximum absolute atomic E-state index is 10.6. The van der Waals surface area contributed by atoms with Crippen molar-refractivity contribution < 1.29 is 9.90 Å². The number of hydrogen-bond donors (Lipinski definition) is 2. The van der Waals surface area contributed by atoms with Gasteiger partial charge in [0.2, 0.25) is 0 Å². The maximum Gasteiger partial charge on any atom is 0.303 e. The average molecular weight is 240 g/mol. The Kier molecular flexibility index (Phi) is 4.05. The molecule has 0 aromatic heterocycles. The number of carboxylic acids is 1. The van der Waals surface area contributed by atoms with E-state index >= 15 is 0 Å². The zero-order valence-corrected chi connectivity index (χ0v) is 10.6. The summed E-state index contributed by atoms with van der Waals surface area (Å²) < 4.78 is 0. The van der Waals surface area contributed by atoms with E-state index in [0.717, 1.165) is 31.8 Å². The van der Waals surface area contributed by atoms with Gasteiger partial charge in [0.1, 0.15) is 0 Å². The SMILES string of the molecule is CC1CC(N2CC(N)CC(CCC(=O)O)C2)C1. The second-order valence-electron chi connectivity index (χ2n) is 5.98. The highest BCUT2D eigenvalue weighted by molar-refractivity contribution is 5.66. The fourth-order valence-corrected chi connectivity index (χ4v) is 3.28. The number of piperidine rings is 1. The third-order valence-electron chi connectivity index (χ3n) is 4.23. The van der Waals surface area contributed by atoms with E-state index in [0.29, 0.717) is 12.0 Å². The average Bonchev–Trinajstić information content (AvgIpc) is 2.21. The van der Waals surface area contributed by atoms with Gasteiger partial charge in [0.25, 0.3) is 0 Å². The van der Waals surface area contributed by atoms with E-state index < -0.39 is 5.97 Å². The fraction of sp³-hybridized carbons (Fsp3) is 0.923. The van der Waals surface area contributed by atoms with Gasteiger partial charge in [-0.3, -0.25) is 9.69 Å². The number of nitrogens with two attached hydrogens (primary N) is 1. The Morgan fingerprint density at radius 2 is 2.06 bits per heavy atom. The summed E-state index contributed by atoms with van der Waals surface area (Å²) in [6.07, 6.45) is 4.64. The minimum absolute atomic E-state index is 0.235. The number of carboxylic acid groups (broad SMARTS) is 1. The normalized spacial score (nSPS) is 38.7. The van der Waals surface area contributed by atoms with E-state index in [2.05, 4.69) is 11.8 Å². The second-order valence-corrected chi connectivity index (χ2v) is 5.98. The molecular formula is C13H24N2O2. The predicted molar refractivity (Wildman–Crippen MR) is 66.7 cm³/mol. The van der Waals surface area contributed by atoms with Gasteiger partial charge in [-0.15, -0.1) is 0 Å². The van der Waals surface area contributed by atoms with Crippen LogP contribution in [0.3, 0.4) is 0 Å². The van der Waals surface area contributed by atoms with Gasteiger partial charge in [0.05, 0.1) is 0 Å². The highest BCUT2D eigenvalue weighted by Crippen LogP contribution is 2.34. The molecule has 2 atom stereocenters. The largest absolute Gasteiger partial charge is 0.481 e. The molecule has 0 amide bonds. The van der Waals surface area contributed by atoms with Crippen LogP contribution in [-0.2, 0) is 4.79 Å². The van der Waals surface area contributed by atoms with E-state index in [4.69, 9.17) is 10.8 Å². The molecule has 1 aliphatic carbocycles. The van der Waals surface area contributed by atoms with E-state index in [1.807, 2.05) is 0 Å². The molecule has 2 aliphatic rings. The quantitative estimate of drug-likeness (QED) is 0.777. The Morgan fingerprint density at radius 1 is 1.35 bits per heavy atom. The van der Waals surface area contributed by atoms with Gasteiger partial charge < -0.3 is 10.8 Å². The first-order chi connectivity index (χ1) is 8.04. The molecule has 3 N–H and O–H groups in total. The lowest BCUT2D eigenvalue weighted by molar-refractivity contribution is -0.137. The summed E-state index contributed by atoms with van der Waals surface area (Å²) in [5.41, 5.74) is 6.08. The van der Waals surface area contributed by atoms with Crippen molar-refractivity contribution in [3.63, 3.8) is 0 Å². The maximum atomic E-state index is 10.6. The molecule has 2 unspecified atom stereocenters. The summed E-state index contributed by atoms with van der Waals surface area (Å²) in [4.78, 5) is 13.1. The van der Waals surface area contributed by atoms with Crippen LogP contribution >= 0.6 is 0 Å². The third kappa shape index (κ3) is 3.42. The topological polar surface area (TPSA) is 66.6 Å². The third-order valence-corrected chi connectivity index (χ3v) is 4.23. The van der Waals surface area contributed by atoms with E-state index in [1.165, 1.54) is 12.8 Å². The standard InChI is InChI=1S/C13H24N2O2/c1-9-4-12(5-9)15-7-10(2-3-13(16)17)6-11(14)8-15/h9-12H,2-8,14H2,1H3,(H,16,17). The lowest BCUT2D eigenvalue weighted by Gasteiger charge is -2.47. The Labute approximate surface area is 103 Å². The molecule has 1 saturated carbocycles. The lowest BCUT2D eigenvalue weighted by Crippen LogP contribution is -2.54. The molecule has 0 aromatic rings. The Balaban J connectivity index is 1.81. The summed E-state index contributed by atoms with van der Waals surface area (Å²) in [7, 11) is 0. The van der Waals surface area contributed by atoms with Crippen LogP contribution in [-0.4, -0.2) is 41.1 Å². The number of rotatable bonds is 4. The predicted octanol–water partition coefficient (Wildman–Crippen LogP) is 1.30. The summed E-state index contributed by atoms with van der Waals surface area (Å²) in [5, 5.41) is 8.73. The smallest absolute Gasteiger partial charge is 0.303 e. The number of hydrogen-bond acceptors (Lipinski definition) is 3. The highest BCUT2D eigenvalue weighted by Gasteiger charge is 2.35. The van der Waals surface area contributed by atoms with Crippen molar-refractivity contribution in [3.05, 3.63) is 0 Å². The molecule has 0 radical (unpaired) electrons. The molecule has 0 bridgehead atoms. The minimum atomic E-state index is -0.687. The lowest BCUT2D eigenvalue weighted by atomic mass is 9.78. The zero-order valence-electron chi connectivity index (χ0n) is 10.6. The van der Waals surface area contributed by atoms with Crippen LogP contribution in [0.4, 0.5) is 0 Å². The number of likely N-dealkylation sites (tertiary alicyclic amines) is 1. The summed E-state index contributed by atoms with van der Waals surface area (Å²) in [6.45, 7) is 4.35. The molecule has 2 rings (SSSR count). The van der Waals surface area contributed by atoms with E-state index in [-0.39, 0.29) is 12.5 Å². The van der Waals surface area contributed by atoms with Gasteiger partial charge in [0.15, 0.2) is 0 Å². The molecule has 4 nitrogen and oxygen atoms in total. The van der Waals surface area contributed by atoms with Crippen molar-refractivity contribution in [1.82, 2.24) is 4.90 Å². The van der Waals surface area contributed by atoms with Gasteiger partial charge in [-0.1, -0.05) is 6.92 Å². The fourth-order valence-electron chi connectivity index (χ4n) is 3.28. The Hall–Kier alpha value is -0.610. The van der Waals surface area contributed by atoms with Crippen molar-refractivity contribution >= 4 is 5.97 Å². The van der Waals surface area contributed by atoms with Crippen LogP contribution in [0.1, 0.15) is 39.0 Å². The van der Waals surface area contributed by atoms with Crippen molar-refractivity contribution in [1.29, 1.82) is 0 Å². The molecule has 4 heteroatoms. The van der Waals surface area contributed by atoms with Crippen LogP contribution < -0.4 is 5.73 Å². The molecule has 0 spiro atoms. The molecule has 17 heavy (non-hydrogen) atoms. The first kappa shape index (κ1) is 12.8. The van der Waals surface area contributed by atoms with Crippen LogP contribution in [0.2, 0.25) is 0 Å². The summed E-state index contributed by atoms with van der Waals surface area (Å²) in [6, 6.07) is 0.946. The molecule has 2 fully saturated rings. The van der Waals surface area contributed by atoms with Crippen LogP contribution in [0.5, 0.6) is 0 Å². The number of aliphatic carboxylic acids is 1. The number of carbonyl (C=O) groups is 1. The Morgan fingerprint density at radius 3 is 2.65 bits per heavy atom. The van der Waals surface area contributed by atoms with E-state index in [1.54, 1.807) is 0 Å². The van der Waals surface area contributed by atoms with Crippen molar-refractivity contribution in [2.24, 2.45) is 17.6 Å². The van der Waals surface area contributed by atoms with Crippen molar-refractivity contribution in [2.45, 2.75) is 51.1 Å². The van der Waals surface area contributed by atoms with Gasteiger partial charge in [0, 0.05) is 31.6 Å². The molecular weight excluding hydrogens is 216 g/mol. The summed E-state index contributed by atoms with van der Waals surface area (Å²) >= 11 is 0. The zero-order chi connectivity index (χ0) is 12.4. The molecule has 1 aliphatic heterocycles. The van der Waals surface area contributed by atoms with E-state index in [9.17, 15) is 4.79 Å².